The van der Waals surface area contributed by atoms with Gasteiger partial charge in [0.1, 0.15) is 11.6 Å². The number of carbonyl (C=O) groups is 2. The van der Waals surface area contributed by atoms with Gasteiger partial charge in [0.15, 0.2) is 17.3 Å². The molecule has 0 bridgehead atoms. The van der Waals surface area contributed by atoms with Crippen molar-refractivity contribution in [1.82, 2.24) is 0 Å². The number of halogens is 1. The van der Waals surface area contributed by atoms with E-state index < -0.39 is 5.91 Å². The van der Waals surface area contributed by atoms with Crippen molar-refractivity contribution in [3.63, 3.8) is 0 Å². The van der Waals surface area contributed by atoms with E-state index in [1.54, 1.807) is 43.3 Å². The van der Waals surface area contributed by atoms with Gasteiger partial charge in [0.05, 0.1) is 15.9 Å². The number of phenolic OH excluding ortho intramolecular Hbond substituents is 1. The van der Waals surface area contributed by atoms with Crippen LogP contribution in [0, 0.1) is 14.9 Å². The number of nitrogens with zero attached hydrogens (tertiary/aromatic N) is 1. The largest absolute Gasteiger partial charge is 0.504 e. The fourth-order valence-corrected chi connectivity index (χ4v) is 2.97. The minimum atomic E-state index is -0.632. The molecule has 0 fully saturated rings. The lowest BCUT2D eigenvalue weighted by molar-refractivity contribution is -0.112. The SMILES string of the molecule is CCOc1cc(/C=C(/C#N)C(=O)Nc2ccccc2C(C)=O)cc(I)c1O. The summed E-state index contributed by atoms with van der Waals surface area (Å²) in [6.07, 6.45) is 1.40. The van der Waals surface area contributed by atoms with Gasteiger partial charge in [-0.2, -0.15) is 5.26 Å². The molecule has 2 aromatic carbocycles. The highest BCUT2D eigenvalue weighted by Gasteiger charge is 2.15. The molecule has 0 aliphatic carbocycles. The Balaban J connectivity index is 2.36. The number of para-hydroxylation sites is 1. The number of carbonyl (C=O) groups excluding carboxylic acids is 2. The molecule has 0 saturated carbocycles. The molecule has 1 amide bonds. The lowest BCUT2D eigenvalue weighted by atomic mass is 10.1. The summed E-state index contributed by atoms with van der Waals surface area (Å²) in [6.45, 7) is 3.55. The predicted octanol–water partition coefficient (Wildman–Crippen LogP) is 4.14. The van der Waals surface area contributed by atoms with E-state index in [0.29, 0.717) is 27.0 Å². The van der Waals surface area contributed by atoms with E-state index >= 15 is 0 Å². The third-order valence-corrected chi connectivity index (χ3v) is 4.40. The van der Waals surface area contributed by atoms with Gasteiger partial charge >= 0.3 is 0 Å². The molecule has 6 nitrogen and oxygen atoms in total. The zero-order chi connectivity index (χ0) is 20.0. The number of nitriles is 1. The van der Waals surface area contributed by atoms with Crippen LogP contribution in [0.15, 0.2) is 42.0 Å². The summed E-state index contributed by atoms with van der Waals surface area (Å²) in [5, 5.41) is 22.0. The van der Waals surface area contributed by atoms with Gasteiger partial charge in [-0.1, -0.05) is 12.1 Å². The second-order valence-electron chi connectivity index (χ2n) is 5.51. The number of aromatic hydroxyl groups is 1. The van der Waals surface area contributed by atoms with Crippen LogP contribution in [0.3, 0.4) is 0 Å². The standard InChI is InChI=1S/C20H17IN2O4/c1-3-27-18-10-13(9-16(21)19(18)25)8-14(11-22)20(26)23-17-7-5-4-6-15(17)12(2)24/h4-10,25H,3H2,1-2H3,(H,23,26)/b14-8-. The van der Waals surface area contributed by atoms with E-state index in [9.17, 15) is 20.0 Å². The normalized spacial score (nSPS) is 10.8. The Morgan fingerprint density at radius 1 is 1.33 bits per heavy atom. The molecule has 0 aliphatic heterocycles. The molecule has 7 heteroatoms. The summed E-state index contributed by atoms with van der Waals surface area (Å²) >= 11 is 1.94. The first-order chi connectivity index (χ1) is 12.9. The molecular weight excluding hydrogens is 459 g/mol. The second kappa shape index (κ2) is 9.19. The third kappa shape index (κ3) is 5.08. The number of ether oxygens (including phenoxy) is 1. The molecule has 0 unspecified atom stereocenters. The molecular formula is C20H17IN2O4. The first-order valence-corrected chi connectivity index (χ1v) is 9.13. The summed E-state index contributed by atoms with van der Waals surface area (Å²) in [5.74, 6) is -0.543. The number of nitrogens with one attached hydrogen (secondary N) is 1. The fourth-order valence-electron chi connectivity index (χ4n) is 2.35. The molecule has 0 aliphatic rings. The molecule has 0 saturated heterocycles. The van der Waals surface area contributed by atoms with Gasteiger partial charge in [0.25, 0.3) is 5.91 Å². The van der Waals surface area contributed by atoms with E-state index in [-0.39, 0.29) is 22.9 Å². The summed E-state index contributed by atoms with van der Waals surface area (Å²) in [5.41, 5.74) is 1.09. The van der Waals surface area contributed by atoms with Crippen molar-refractivity contribution in [3.05, 3.63) is 56.7 Å². The maximum atomic E-state index is 12.5. The Morgan fingerprint density at radius 2 is 2.04 bits per heavy atom. The highest BCUT2D eigenvalue weighted by Crippen LogP contribution is 2.33. The fraction of sp³-hybridized carbons (Fsp3) is 0.150. The average Bonchev–Trinajstić information content (AvgIpc) is 2.64. The zero-order valence-corrected chi connectivity index (χ0v) is 16.9. The van der Waals surface area contributed by atoms with Crippen molar-refractivity contribution in [2.75, 3.05) is 11.9 Å². The van der Waals surface area contributed by atoms with Crippen molar-refractivity contribution < 1.29 is 19.4 Å². The topological polar surface area (TPSA) is 99.4 Å². The van der Waals surface area contributed by atoms with Crippen molar-refractivity contribution >= 4 is 46.0 Å². The van der Waals surface area contributed by atoms with Crippen molar-refractivity contribution in [1.29, 1.82) is 5.26 Å². The smallest absolute Gasteiger partial charge is 0.266 e. The lowest BCUT2D eigenvalue weighted by Gasteiger charge is -2.10. The quantitative estimate of drug-likeness (QED) is 0.283. The van der Waals surface area contributed by atoms with Gasteiger partial charge in [-0.3, -0.25) is 9.59 Å². The summed E-state index contributed by atoms with van der Waals surface area (Å²) in [6, 6.07) is 11.6. The van der Waals surface area contributed by atoms with Crippen LogP contribution in [0.5, 0.6) is 11.5 Å². The number of anilines is 1. The van der Waals surface area contributed by atoms with Gasteiger partial charge in [-0.05, 0) is 72.3 Å². The van der Waals surface area contributed by atoms with Crippen molar-refractivity contribution in [2.24, 2.45) is 0 Å². The maximum absolute atomic E-state index is 12.5. The Morgan fingerprint density at radius 3 is 2.67 bits per heavy atom. The van der Waals surface area contributed by atoms with Gasteiger partial charge in [0.2, 0.25) is 0 Å². The Kier molecular flexibility index (Phi) is 6.96. The zero-order valence-electron chi connectivity index (χ0n) is 14.7. The Hall–Kier alpha value is -2.86. The molecule has 2 N–H and O–H groups in total. The molecule has 0 spiro atoms. The molecule has 0 heterocycles. The monoisotopic (exact) mass is 476 g/mol. The predicted molar refractivity (Wildman–Crippen MR) is 111 cm³/mol. The molecule has 2 rings (SSSR count). The second-order valence-corrected chi connectivity index (χ2v) is 6.67. The highest BCUT2D eigenvalue weighted by atomic mass is 127. The average molecular weight is 476 g/mol. The molecule has 27 heavy (non-hydrogen) atoms. The molecule has 0 atom stereocenters. The van der Waals surface area contributed by atoms with E-state index in [4.69, 9.17) is 4.74 Å². The van der Waals surface area contributed by atoms with E-state index in [1.165, 1.54) is 13.0 Å². The molecule has 2 aromatic rings. The molecule has 0 aromatic heterocycles. The summed E-state index contributed by atoms with van der Waals surface area (Å²) in [7, 11) is 0. The lowest BCUT2D eigenvalue weighted by Crippen LogP contribution is -2.15. The number of hydrogen-bond donors (Lipinski definition) is 2. The maximum Gasteiger partial charge on any atom is 0.266 e. The van der Waals surface area contributed by atoms with Crippen LogP contribution in [0.2, 0.25) is 0 Å². The summed E-state index contributed by atoms with van der Waals surface area (Å²) in [4.78, 5) is 24.2. The van der Waals surface area contributed by atoms with Crippen molar-refractivity contribution in [3.8, 4) is 17.6 Å². The number of Topliss-reactive ketones (excluding diaryl/α,β-unsaturated/α-hetero) is 1. The van der Waals surface area contributed by atoms with Crippen molar-refractivity contribution in [2.45, 2.75) is 13.8 Å². The first kappa shape index (κ1) is 20.5. The van der Waals surface area contributed by atoms with Crippen LogP contribution in [0.4, 0.5) is 5.69 Å². The highest BCUT2D eigenvalue weighted by molar-refractivity contribution is 14.1. The Bertz CT molecular complexity index is 961. The number of amides is 1. The Labute approximate surface area is 170 Å². The molecule has 138 valence electrons. The van der Waals surface area contributed by atoms with Gasteiger partial charge in [-0.15, -0.1) is 0 Å². The third-order valence-electron chi connectivity index (χ3n) is 3.58. The number of hydrogen-bond acceptors (Lipinski definition) is 5. The van der Waals surface area contributed by atoms with Gasteiger partial charge < -0.3 is 15.2 Å². The minimum Gasteiger partial charge on any atom is -0.504 e. The van der Waals surface area contributed by atoms with Crippen LogP contribution < -0.4 is 10.1 Å². The van der Waals surface area contributed by atoms with Crippen LogP contribution in [-0.4, -0.2) is 23.4 Å². The van der Waals surface area contributed by atoms with Crippen LogP contribution in [0.25, 0.3) is 6.08 Å². The minimum absolute atomic E-state index is 0.00736. The van der Waals surface area contributed by atoms with Gasteiger partial charge in [0, 0.05) is 5.56 Å². The van der Waals surface area contributed by atoms with E-state index in [1.807, 2.05) is 28.7 Å². The number of ketones is 1. The summed E-state index contributed by atoms with van der Waals surface area (Å²) < 4.78 is 5.90. The van der Waals surface area contributed by atoms with Crippen LogP contribution in [-0.2, 0) is 4.79 Å². The first-order valence-electron chi connectivity index (χ1n) is 8.05. The van der Waals surface area contributed by atoms with E-state index in [0.717, 1.165) is 0 Å². The van der Waals surface area contributed by atoms with Gasteiger partial charge in [-0.25, -0.2) is 0 Å². The van der Waals surface area contributed by atoms with E-state index in [2.05, 4.69) is 5.32 Å². The number of phenols is 1. The number of benzene rings is 2. The molecule has 0 radical (unpaired) electrons. The van der Waals surface area contributed by atoms with Crippen LogP contribution in [0.1, 0.15) is 29.8 Å². The van der Waals surface area contributed by atoms with Crippen LogP contribution >= 0.6 is 22.6 Å². The number of rotatable bonds is 6.